The third-order valence-electron chi connectivity index (χ3n) is 3.80. The largest absolute Gasteiger partial charge is 0.378 e. The van der Waals surface area contributed by atoms with Crippen LogP contribution in [0, 0.1) is 0 Å². The summed E-state index contributed by atoms with van der Waals surface area (Å²) >= 11 is 0. The highest BCUT2D eigenvalue weighted by molar-refractivity contribution is 5.83. The summed E-state index contributed by atoms with van der Waals surface area (Å²) in [5.74, 6) is 0.804. The van der Waals surface area contributed by atoms with Gasteiger partial charge in [-0.05, 0) is 40.6 Å². The zero-order valence-electron chi connectivity index (χ0n) is 12.6. The van der Waals surface area contributed by atoms with E-state index in [9.17, 15) is 0 Å². The minimum Gasteiger partial charge on any atom is -0.378 e. The Morgan fingerprint density at radius 3 is 2.65 bits per heavy atom. The zero-order chi connectivity index (χ0) is 15.5. The Labute approximate surface area is 134 Å². The van der Waals surface area contributed by atoms with Crippen molar-refractivity contribution in [1.29, 1.82) is 0 Å². The summed E-state index contributed by atoms with van der Waals surface area (Å²) in [5.41, 5.74) is 2.20. The molecule has 0 unspecified atom stereocenters. The quantitative estimate of drug-likeness (QED) is 0.618. The number of rotatable bonds is 4. The van der Waals surface area contributed by atoms with Crippen LogP contribution in [0.1, 0.15) is 5.56 Å². The van der Waals surface area contributed by atoms with E-state index in [-0.39, 0.29) is 0 Å². The van der Waals surface area contributed by atoms with Crippen molar-refractivity contribution >= 4 is 16.5 Å². The maximum absolute atomic E-state index is 4.42. The minimum absolute atomic E-state index is 0.741. The number of pyridine rings is 1. The number of fused-ring (bicyclic) bond motifs is 1. The summed E-state index contributed by atoms with van der Waals surface area (Å²) in [6.07, 6.45) is 5.42. The molecule has 2 aromatic carbocycles. The second-order valence-corrected chi connectivity index (χ2v) is 5.36. The third-order valence-corrected chi connectivity index (χ3v) is 3.80. The van der Waals surface area contributed by atoms with Crippen molar-refractivity contribution in [3.8, 4) is 5.82 Å². The van der Waals surface area contributed by atoms with Crippen molar-refractivity contribution in [1.82, 2.24) is 14.8 Å². The first-order chi connectivity index (χ1) is 11.4. The Morgan fingerprint density at radius 1 is 0.870 bits per heavy atom. The molecule has 0 saturated heterocycles. The molecule has 0 saturated carbocycles. The Morgan fingerprint density at radius 2 is 1.78 bits per heavy atom. The molecule has 0 amide bonds. The van der Waals surface area contributed by atoms with Crippen LogP contribution >= 0.6 is 0 Å². The number of aromatic nitrogens is 3. The first-order valence-corrected chi connectivity index (χ1v) is 7.57. The topological polar surface area (TPSA) is 42.7 Å². The predicted octanol–water partition coefficient (Wildman–Crippen LogP) is 4.03. The predicted molar refractivity (Wildman–Crippen MR) is 92.6 cm³/mol. The van der Waals surface area contributed by atoms with Gasteiger partial charge < -0.3 is 5.32 Å². The van der Waals surface area contributed by atoms with E-state index >= 15 is 0 Å². The van der Waals surface area contributed by atoms with Crippen molar-refractivity contribution in [3.05, 3.63) is 84.8 Å². The molecule has 0 fully saturated rings. The van der Waals surface area contributed by atoms with Gasteiger partial charge in [-0.1, -0.05) is 36.4 Å². The Bertz CT molecular complexity index is 929. The van der Waals surface area contributed by atoms with Crippen molar-refractivity contribution < 1.29 is 0 Å². The molecule has 0 radical (unpaired) electrons. The van der Waals surface area contributed by atoms with Gasteiger partial charge in [-0.3, -0.25) is 0 Å². The van der Waals surface area contributed by atoms with Crippen LogP contribution in [-0.2, 0) is 6.54 Å². The van der Waals surface area contributed by atoms with Crippen LogP contribution in [-0.4, -0.2) is 14.8 Å². The van der Waals surface area contributed by atoms with Crippen LogP contribution in [0.3, 0.4) is 0 Å². The molecule has 0 atom stereocenters. The number of nitrogens with one attached hydrogen (secondary N) is 1. The third kappa shape index (κ3) is 2.79. The van der Waals surface area contributed by atoms with E-state index in [1.165, 1.54) is 16.3 Å². The standard InChI is InChI=1S/C19H16N4/c1-2-6-17-13-15(8-9-16(17)5-1)14-21-18-7-3-10-20-19(18)23-12-4-11-22-23/h1-13,21H,14H2. The molecule has 23 heavy (non-hydrogen) atoms. The van der Waals surface area contributed by atoms with E-state index in [1.807, 2.05) is 24.4 Å². The summed E-state index contributed by atoms with van der Waals surface area (Å²) in [7, 11) is 0. The fraction of sp³-hybridized carbons (Fsp3) is 0.0526. The molecule has 0 aliphatic heterocycles. The lowest BCUT2D eigenvalue weighted by atomic mass is 10.1. The second kappa shape index (κ2) is 5.93. The lowest BCUT2D eigenvalue weighted by Crippen LogP contribution is -2.06. The SMILES string of the molecule is c1cnc(-n2cccn2)c(NCc2ccc3ccccc3c2)c1. The fourth-order valence-corrected chi connectivity index (χ4v) is 2.66. The van der Waals surface area contributed by atoms with Gasteiger partial charge in [-0.25, -0.2) is 9.67 Å². The Hall–Kier alpha value is -3.14. The van der Waals surface area contributed by atoms with Crippen molar-refractivity contribution in [2.24, 2.45) is 0 Å². The van der Waals surface area contributed by atoms with E-state index in [2.05, 4.69) is 57.9 Å². The molecule has 0 aliphatic carbocycles. The van der Waals surface area contributed by atoms with Crippen LogP contribution in [0.4, 0.5) is 5.69 Å². The zero-order valence-corrected chi connectivity index (χ0v) is 12.6. The monoisotopic (exact) mass is 300 g/mol. The molecular weight excluding hydrogens is 284 g/mol. The summed E-state index contributed by atoms with van der Waals surface area (Å²) in [4.78, 5) is 4.42. The number of benzene rings is 2. The van der Waals surface area contributed by atoms with E-state index in [0.29, 0.717) is 0 Å². The lowest BCUT2D eigenvalue weighted by molar-refractivity contribution is 0.846. The average molecular weight is 300 g/mol. The molecule has 0 bridgehead atoms. The maximum atomic E-state index is 4.42. The van der Waals surface area contributed by atoms with Gasteiger partial charge in [0.25, 0.3) is 0 Å². The summed E-state index contributed by atoms with van der Waals surface area (Å²) in [6, 6.07) is 20.8. The molecule has 1 N–H and O–H groups in total. The highest BCUT2D eigenvalue weighted by Crippen LogP contribution is 2.19. The van der Waals surface area contributed by atoms with Crippen molar-refractivity contribution in [2.45, 2.75) is 6.54 Å². The summed E-state index contributed by atoms with van der Waals surface area (Å²) in [6.45, 7) is 0.741. The highest BCUT2D eigenvalue weighted by Gasteiger charge is 2.05. The normalized spacial score (nSPS) is 10.8. The second-order valence-electron chi connectivity index (χ2n) is 5.36. The van der Waals surface area contributed by atoms with E-state index in [4.69, 9.17) is 0 Å². The van der Waals surface area contributed by atoms with Crippen molar-refractivity contribution in [3.63, 3.8) is 0 Å². The summed E-state index contributed by atoms with van der Waals surface area (Å²) in [5, 5.41) is 10.2. The van der Waals surface area contributed by atoms with Gasteiger partial charge in [-0.15, -0.1) is 0 Å². The Balaban J connectivity index is 1.59. The van der Waals surface area contributed by atoms with Crippen LogP contribution in [0.25, 0.3) is 16.6 Å². The van der Waals surface area contributed by atoms with Gasteiger partial charge >= 0.3 is 0 Å². The fourth-order valence-electron chi connectivity index (χ4n) is 2.66. The van der Waals surface area contributed by atoms with Gasteiger partial charge in [0.1, 0.15) is 0 Å². The molecule has 0 spiro atoms. The average Bonchev–Trinajstić information content (AvgIpc) is 3.14. The smallest absolute Gasteiger partial charge is 0.176 e. The van der Waals surface area contributed by atoms with Crippen molar-refractivity contribution in [2.75, 3.05) is 5.32 Å². The van der Waals surface area contributed by atoms with Crippen LogP contribution in [0.15, 0.2) is 79.3 Å². The number of hydrogen-bond donors (Lipinski definition) is 1. The van der Waals surface area contributed by atoms with Gasteiger partial charge in [0.05, 0.1) is 5.69 Å². The van der Waals surface area contributed by atoms with E-state index in [1.54, 1.807) is 17.1 Å². The Kier molecular flexibility index (Phi) is 3.48. The maximum Gasteiger partial charge on any atom is 0.176 e. The molecule has 4 heteroatoms. The molecule has 2 aromatic heterocycles. The molecular formula is C19H16N4. The first-order valence-electron chi connectivity index (χ1n) is 7.57. The van der Waals surface area contributed by atoms with E-state index in [0.717, 1.165) is 18.1 Å². The van der Waals surface area contributed by atoms with E-state index < -0.39 is 0 Å². The number of anilines is 1. The summed E-state index contributed by atoms with van der Waals surface area (Å²) < 4.78 is 1.77. The highest BCUT2D eigenvalue weighted by atomic mass is 15.3. The molecule has 0 aliphatic rings. The van der Waals surface area contributed by atoms with Gasteiger partial charge in [0.2, 0.25) is 0 Å². The minimum atomic E-state index is 0.741. The van der Waals surface area contributed by atoms with Gasteiger partial charge in [-0.2, -0.15) is 5.10 Å². The molecule has 2 heterocycles. The molecule has 4 aromatic rings. The molecule has 112 valence electrons. The first kappa shape index (κ1) is 13.5. The van der Waals surface area contributed by atoms with Crippen LogP contribution in [0.2, 0.25) is 0 Å². The van der Waals surface area contributed by atoms with Crippen LogP contribution < -0.4 is 5.32 Å². The lowest BCUT2D eigenvalue weighted by Gasteiger charge is -2.11. The number of hydrogen-bond acceptors (Lipinski definition) is 3. The molecule has 4 nitrogen and oxygen atoms in total. The van der Waals surface area contributed by atoms with Gasteiger partial charge in [0, 0.05) is 25.1 Å². The van der Waals surface area contributed by atoms with Gasteiger partial charge in [0.15, 0.2) is 5.82 Å². The molecule has 4 rings (SSSR count). The van der Waals surface area contributed by atoms with Crippen LogP contribution in [0.5, 0.6) is 0 Å². The number of nitrogens with zero attached hydrogens (tertiary/aromatic N) is 3.